The first kappa shape index (κ1) is 35.1. The number of ether oxygens (including phenoxy) is 8. The first-order chi connectivity index (χ1) is 23.8. The molecule has 2 fully saturated rings. The Labute approximate surface area is 283 Å². The summed E-state index contributed by atoms with van der Waals surface area (Å²) < 4.78 is 46.2. The normalized spacial score (nSPS) is 22.8. The van der Waals surface area contributed by atoms with E-state index in [1.54, 1.807) is 106 Å². The van der Waals surface area contributed by atoms with E-state index in [4.69, 9.17) is 37.9 Å². The SMILES string of the molecule is CCOC(=O)C(=CN[C@@H]1O[C@@H]2CO[C@@H](c3ccc(OC)cc3)O[C@H]2[C@H](OC(=O)c2ccccc2)[C@H]1OC(=O)c1ccccc1)C(=O)OCC. The molecule has 3 aromatic carbocycles. The summed E-state index contributed by atoms with van der Waals surface area (Å²) in [5.41, 5.74) is 0.654. The number of esters is 4. The molecule has 5 rings (SSSR count). The van der Waals surface area contributed by atoms with Crippen LogP contribution in [-0.4, -0.2) is 81.5 Å². The van der Waals surface area contributed by atoms with E-state index < -0.39 is 66.4 Å². The average Bonchev–Trinajstić information content (AvgIpc) is 3.13. The van der Waals surface area contributed by atoms with Gasteiger partial charge in [0.1, 0.15) is 18.0 Å². The molecule has 13 nitrogen and oxygen atoms in total. The van der Waals surface area contributed by atoms with Crippen LogP contribution < -0.4 is 10.1 Å². The second-order valence-corrected chi connectivity index (χ2v) is 10.8. The lowest BCUT2D eigenvalue weighted by atomic mass is 9.96. The predicted molar refractivity (Wildman–Crippen MR) is 171 cm³/mol. The number of fused-ring (bicyclic) bond motifs is 1. The van der Waals surface area contributed by atoms with E-state index in [0.717, 1.165) is 6.20 Å². The number of hydrogen-bond acceptors (Lipinski definition) is 13. The summed E-state index contributed by atoms with van der Waals surface area (Å²) in [6.07, 6.45) is -5.64. The second-order valence-electron chi connectivity index (χ2n) is 10.8. The molecule has 0 spiro atoms. The van der Waals surface area contributed by atoms with Gasteiger partial charge in [-0.15, -0.1) is 0 Å². The van der Waals surface area contributed by atoms with Gasteiger partial charge in [0, 0.05) is 11.8 Å². The third-order valence-corrected chi connectivity index (χ3v) is 7.60. The molecule has 0 amide bonds. The maximum absolute atomic E-state index is 13.5. The minimum Gasteiger partial charge on any atom is -0.497 e. The highest BCUT2D eigenvalue weighted by Crippen LogP contribution is 2.37. The zero-order valence-corrected chi connectivity index (χ0v) is 27.1. The molecule has 6 atom stereocenters. The van der Waals surface area contributed by atoms with Crippen molar-refractivity contribution in [3.63, 3.8) is 0 Å². The highest BCUT2D eigenvalue weighted by molar-refractivity contribution is 6.14. The van der Waals surface area contributed by atoms with Gasteiger partial charge in [-0.25, -0.2) is 19.2 Å². The zero-order valence-electron chi connectivity index (χ0n) is 27.1. The van der Waals surface area contributed by atoms with Gasteiger partial charge in [0.05, 0.1) is 38.1 Å². The van der Waals surface area contributed by atoms with Gasteiger partial charge < -0.3 is 43.2 Å². The molecule has 2 aliphatic rings. The number of hydrogen-bond donors (Lipinski definition) is 1. The lowest BCUT2D eigenvalue weighted by Crippen LogP contribution is -2.66. The van der Waals surface area contributed by atoms with Gasteiger partial charge in [0.25, 0.3) is 0 Å². The zero-order chi connectivity index (χ0) is 34.8. The number of methoxy groups -OCH3 is 1. The van der Waals surface area contributed by atoms with Crippen LogP contribution in [0.3, 0.4) is 0 Å². The molecule has 2 aliphatic heterocycles. The molecule has 0 bridgehead atoms. The molecular formula is C36H37NO12. The lowest BCUT2D eigenvalue weighted by Gasteiger charge is -2.48. The monoisotopic (exact) mass is 675 g/mol. The molecule has 49 heavy (non-hydrogen) atoms. The number of carbonyl (C=O) groups is 4. The summed E-state index contributed by atoms with van der Waals surface area (Å²) >= 11 is 0. The maximum Gasteiger partial charge on any atom is 0.347 e. The predicted octanol–water partition coefficient (Wildman–Crippen LogP) is 3.89. The Kier molecular flexibility index (Phi) is 12.0. The molecule has 2 heterocycles. The van der Waals surface area contributed by atoms with Crippen LogP contribution in [0.1, 0.15) is 46.4 Å². The van der Waals surface area contributed by atoms with Gasteiger partial charge in [0.2, 0.25) is 0 Å². The first-order valence-corrected chi connectivity index (χ1v) is 15.7. The highest BCUT2D eigenvalue weighted by Gasteiger charge is 2.54. The van der Waals surface area contributed by atoms with E-state index in [0.29, 0.717) is 11.3 Å². The van der Waals surface area contributed by atoms with E-state index in [1.165, 1.54) is 0 Å². The Morgan fingerprint density at radius 1 is 0.755 bits per heavy atom. The molecule has 3 aromatic rings. The second kappa shape index (κ2) is 16.7. The van der Waals surface area contributed by atoms with Gasteiger partial charge in [-0.2, -0.15) is 0 Å². The lowest BCUT2D eigenvalue weighted by molar-refractivity contribution is -0.329. The van der Waals surface area contributed by atoms with Gasteiger partial charge in [0.15, 0.2) is 30.3 Å². The average molecular weight is 676 g/mol. The third-order valence-electron chi connectivity index (χ3n) is 7.60. The molecule has 0 unspecified atom stereocenters. The van der Waals surface area contributed by atoms with Crippen LogP contribution in [0.2, 0.25) is 0 Å². The Morgan fingerprint density at radius 2 is 1.31 bits per heavy atom. The fourth-order valence-corrected chi connectivity index (χ4v) is 5.23. The Balaban J connectivity index is 1.53. The van der Waals surface area contributed by atoms with Crippen LogP contribution in [0.4, 0.5) is 0 Å². The van der Waals surface area contributed by atoms with E-state index in [-0.39, 0.29) is 30.9 Å². The van der Waals surface area contributed by atoms with E-state index in [1.807, 2.05) is 0 Å². The number of benzene rings is 3. The maximum atomic E-state index is 13.5. The Morgan fingerprint density at radius 3 is 1.84 bits per heavy atom. The summed E-state index contributed by atoms with van der Waals surface area (Å²) in [6.45, 7) is 3.15. The van der Waals surface area contributed by atoms with Crippen LogP contribution in [0.15, 0.2) is 96.7 Å². The van der Waals surface area contributed by atoms with E-state index >= 15 is 0 Å². The van der Waals surface area contributed by atoms with Gasteiger partial charge in [-0.05, 0) is 50.2 Å². The summed E-state index contributed by atoms with van der Waals surface area (Å²) in [5.74, 6) is -2.72. The fraction of sp³-hybridized carbons (Fsp3) is 0.333. The highest BCUT2D eigenvalue weighted by atomic mass is 16.7. The third kappa shape index (κ3) is 8.62. The summed E-state index contributed by atoms with van der Waals surface area (Å²) in [4.78, 5) is 52.5. The molecule has 2 saturated heterocycles. The minimum absolute atomic E-state index is 0.00186. The van der Waals surface area contributed by atoms with Gasteiger partial charge >= 0.3 is 23.9 Å². The topological polar surface area (TPSA) is 154 Å². The Hall–Kier alpha value is -5.24. The summed E-state index contributed by atoms with van der Waals surface area (Å²) in [5, 5.41) is 2.86. The molecule has 258 valence electrons. The van der Waals surface area contributed by atoms with Crippen LogP contribution in [0.25, 0.3) is 0 Å². The first-order valence-electron chi connectivity index (χ1n) is 15.7. The van der Waals surface area contributed by atoms with Crippen molar-refractivity contribution in [3.8, 4) is 5.75 Å². The van der Waals surface area contributed by atoms with Crippen molar-refractivity contribution < 1.29 is 57.1 Å². The molecule has 0 aromatic heterocycles. The van der Waals surface area contributed by atoms with Crippen molar-refractivity contribution in [1.82, 2.24) is 5.32 Å². The number of carbonyl (C=O) groups excluding carboxylic acids is 4. The van der Waals surface area contributed by atoms with Gasteiger partial charge in [-0.1, -0.05) is 48.5 Å². The van der Waals surface area contributed by atoms with Crippen molar-refractivity contribution in [3.05, 3.63) is 113 Å². The van der Waals surface area contributed by atoms with Crippen LogP contribution in [0.5, 0.6) is 5.75 Å². The van der Waals surface area contributed by atoms with E-state index in [9.17, 15) is 19.2 Å². The van der Waals surface area contributed by atoms with Crippen LogP contribution in [-0.2, 0) is 42.7 Å². The standard InChI is InChI=1S/C36H37NO12/c1-4-43-34(40)26(35(41)44-5-2)20-37-31-30(48-33(39)23-14-10-7-11-15-23)29(47-32(38)22-12-8-6-9-13-22)28-27(46-31)21-45-36(49-28)24-16-18-25(42-3)19-17-24/h6-20,27-31,36-37H,4-5,21H2,1-3H3/t27-,28-,29+,30-,31-,36-/m1/s1. The summed E-state index contributed by atoms with van der Waals surface area (Å²) in [6, 6.07) is 23.5. The number of rotatable bonds is 12. The molecule has 0 aliphatic carbocycles. The fourth-order valence-electron chi connectivity index (χ4n) is 5.23. The molecule has 13 heteroatoms. The van der Waals surface area contributed by atoms with Crippen molar-refractivity contribution >= 4 is 23.9 Å². The van der Waals surface area contributed by atoms with Crippen molar-refractivity contribution in [2.75, 3.05) is 26.9 Å². The molecule has 1 N–H and O–H groups in total. The van der Waals surface area contributed by atoms with Gasteiger partial charge in [-0.3, -0.25) is 0 Å². The van der Waals surface area contributed by atoms with Crippen molar-refractivity contribution in [2.24, 2.45) is 0 Å². The Bertz CT molecular complexity index is 1590. The molecule has 0 radical (unpaired) electrons. The van der Waals surface area contributed by atoms with Crippen LogP contribution >= 0.6 is 0 Å². The largest absolute Gasteiger partial charge is 0.497 e. The molecule has 0 saturated carbocycles. The van der Waals surface area contributed by atoms with Crippen molar-refractivity contribution in [2.45, 2.75) is 50.8 Å². The van der Waals surface area contributed by atoms with Crippen LogP contribution in [0, 0.1) is 0 Å². The molecular weight excluding hydrogens is 638 g/mol. The minimum atomic E-state index is -1.38. The van der Waals surface area contributed by atoms with Crippen molar-refractivity contribution in [1.29, 1.82) is 0 Å². The smallest absolute Gasteiger partial charge is 0.347 e. The quantitative estimate of drug-likeness (QED) is 0.0972. The summed E-state index contributed by atoms with van der Waals surface area (Å²) in [7, 11) is 1.55. The number of nitrogens with one attached hydrogen (secondary N) is 1. The van der Waals surface area contributed by atoms with E-state index in [2.05, 4.69) is 5.32 Å².